The average molecular weight is 293 g/mol. The summed E-state index contributed by atoms with van der Waals surface area (Å²) in [6.07, 6.45) is -3.76. The lowest BCUT2D eigenvalue weighted by molar-refractivity contribution is -0.176. The van der Waals surface area contributed by atoms with E-state index in [4.69, 9.17) is 4.74 Å². The Balaban J connectivity index is 2.48. The molecule has 0 heterocycles. The van der Waals surface area contributed by atoms with Gasteiger partial charge in [0.1, 0.15) is 12.4 Å². The van der Waals surface area contributed by atoms with Gasteiger partial charge in [-0.25, -0.2) is 4.39 Å². The third kappa shape index (κ3) is 7.45. The number of ether oxygens (including phenoxy) is 1. The minimum Gasteiger partial charge on any atom is -0.372 e. The Kier molecular flexibility index (Phi) is 6.95. The highest BCUT2D eigenvalue weighted by Gasteiger charge is 2.27. The molecule has 20 heavy (non-hydrogen) atoms. The van der Waals surface area contributed by atoms with E-state index in [2.05, 4.69) is 5.32 Å². The molecule has 1 unspecified atom stereocenters. The van der Waals surface area contributed by atoms with Gasteiger partial charge in [-0.3, -0.25) is 0 Å². The summed E-state index contributed by atoms with van der Waals surface area (Å²) in [7, 11) is 0. The lowest BCUT2D eigenvalue weighted by Gasteiger charge is -2.18. The molecule has 0 aliphatic rings. The quantitative estimate of drug-likeness (QED) is 0.743. The summed E-state index contributed by atoms with van der Waals surface area (Å²) in [6.45, 7) is 2.00. The van der Waals surface area contributed by atoms with E-state index in [1.54, 1.807) is 12.1 Å². The Hall–Kier alpha value is -1.14. The van der Waals surface area contributed by atoms with Crippen LogP contribution in [0.15, 0.2) is 24.3 Å². The first-order valence-electron chi connectivity index (χ1n) is 6.50. The van der Waals surface area contributed by atoms with Gasteiger partial charge in [0.2, 0.25) is 0 Å². The number of hydrogen-bond donors (Lipinski definition) is 1. The van der Waals surface area contributed by atoms with Crippen LogP contribution >= 0.6 is 0 Å². The number of benzene rings is 1. The van der Waals surface area contributed by atoms with Gasteiger partial charge in [-0.15, -0.1) is 0 Å². The molecule has 1 N–H and O–H groups in total. The molecule has 0 radical (unpaired) electrons. The fraction of sp³-hybridized carbons (Fsp3) is 0.571. The van der Waals surface area contributed by atoms with Crippen LogP contribution in [0.2, 0.25) is 0 Å². The highest BCUT2D eigenvalue weighted by molar-refractivity contribution is 5.16. The summed E-state index contributed by atoms with van der Waals surface area (Å²) in [5, 5.41) is 3.09. The van der Waals surface area contributed by atoms with Crippen LogP contribution in [0.3, 0.4) is 0 Å². The number of hydrogen-bond acceptors (Lipinski definition) is 2. The Morgan fingerprint density at radius 2 is 1.85 bits per heavy atom. The van der Waals surface area contributed by atoms with E-state index in [0.717, 1.165) is 12.1 Å². The van der Waals surface area contributed by atoms with Crippen molar-refractivity contribution in [2.75, 3.05) is 26.3 Å². The molecule has 0 saturated carbocycles. The first-order valence-corrected chi connectivity index (χ1v) is 6.50. The van der Waals surface area contributed by atoms with Gasteiger partial charge in [0.05, 0.1) is 6.61 Å². The molecule has 1 aromatic rings. The molecule has 1 rings (SSSR count). The minimum atomic E-state index is -4.31. The molecule has 1 atom stereocenters. The van der Waals surface area contributed by atoms with Gasteiger partial charge in [0.15, 0.2) is 0 Å². The van der Waals surface area contributed by atoms with E-state index in [0.29, 0.717) is 13.0 Å². The van der Waals surface area contributed by atoms with Crippen molar-refractivity contribution in [3.63, 3.8) is 0 Å². The van der Waals surface area contributed by atoms with E-state index in [1.807, 2.05) is 6.92 Å². The second kappa shape index (κ2) is 8.21. The molecule has 114 valence electrons. The van der Waals surface area contributed by atoms with Crippen molar-refractivity contribution in [1.29, 1.82) is 0 Å². The van der Waals surface area contributed by atoms with Crippen LogP contribution < -0.4 is 5.32 Å². The SMILES string of the molecule is CCNCC(COCC(F)(F)F)Cc1ccc(F)cc1. The van der Waals surface area contributed by atoms with Crippen molar-refractivity contribution < 1.29 is 22.3 Å². The predicted molar refractivity (Wildman–Crippen MR) is 69.0 cm³/mol. The topological polar surface area (TPSA) is 21.3 Å². The van der Waals surface area contributed by atoms with Crippen LogP contribution in [-0.4, -0.2) is 32.5 Å². The molecule has 2 nitrogen and oxygen atoms in total. The Morgan fingerprint density at radius 1 is 1.20 bits per heavy atom. The van der Waals surface area contributed by atoms with Gasteiger partial charge in [0.25, 0.3) is 0 Å². The molecule has 1 aromatic carbocycles. The van der Waals surface area contributed by atoms with Crippen LogP contribution in [0.5, 0.6) is 0 Å². The Labute approximate surface area is 116 Å². The maximum absolute atomic E-state index is 12.8. The summed E-state index contributed by atoms with van der Waals surface area (Å²) >= 11 is 0. The highest BCUT2D eigenvalue weighted by Crippen LogP contribution is 2.16. The Morgan fingerprint density at radius 3 is 2.40 bits per heavy atom. The second-order valence-corrected chi connectivity index (χ2v) is 4.63. The van der Waals surface area contributed by atoms with Gasteiger partial charge in [-0.2, -0.15) is 13.2 Å². The maximum Gasteiger partial charge on any atom is 0.411 e. The number of alkyl halides is 3. The van der Waals surface area contributed by atoms with Crippen LogP contribution in [0.1, 0.15) is 12.5 Å². The van der Waals surface area contributed by atoms with Gasteiger partial charge >= 0.3 is 6.18 Å². The van der Waals surface area contributed by atoms with E-state index in [9.17, 15) is 17.6 Å². The highest BCUT2D eigenvalue weighted by atomic mass is 19.4. The van der Waals surface area contributed by atoms with Crippen LogP contribution in [0, 0.1) is 11.7 Å². The molecule has 0 aromatic heterocycles. The van der Waals surface area contributed by atoms with Crippen molar-refractivity contribution in [3.8, 4) is 0 Å². The molecular weight excluding hydrogens is 274 g/mol. The summed E-state index contributed by atoms with van der Waals surface area (Å²) in [6, 6.07) is 5.96. The van der Waals surface area contributed by atoms with E-state index in [1.165, 1.54) is 12.1 Å². The fourth-order valence-electron chi connectivity index (χ4n) is 1.83. The maximum atomic E-state index is 12.8. The molecular formula is C14H19F4NO. The summed E-state index contributed by atoms with van der Waals surface area (Å²) < 4.78 is 53.7. The lowest BCUT2D eigenvalue weighted by Crippen LogP contribution is -2.29. The van der Waals surface area contributed by atoms with Gasteiger partial charge in [-0.05, 0) is 36.6 Å². The molecule has 0 bridgehead atoms. The molecule has 0 aliphatic heterocycles. The zero-order valence-corrected chi connectivity index (χ0v) is 11.3. The standard InChI is InChI=1S/C14H19F4NO/c1-2-19-8-12(9-20-10-14(16,17)18)7-11-3-5-13(15)6-4-11/h3-6,12,19H,2,7-10H2,1H3. The molecule has 0 fully saturated rings. The van der Waals surface area contributed by atoms with Crippen LogP contribution in [0.25, 0.3) is 0 Å². The predicted octanol–water partition coefficient (Wildman–Crippen LogP) is 3.17. The zero-order valence-electron chi connectivity index (χ0n) is 11.3. The Bertz CT molecular complexity index is 378. The monoisotopic (exact) mass is 293 g/mol. The largest absolute Gasteiger partial charge is 0.411 e. The third-order valence-corrected chi connectivity index (χ3v) is 2.74. The van der Waals surface area contributed by atoms with Gasteiger partial charge in [-0.1, -0.05) is 19.1 Å². The summed E-state index contributed by atoms with van der Waals surface area (Å²) in [4.78, 5) is 0. The smallest absolute Gasteiger partial charge is 0.372 e. The molecule has 0 amide bonds. The van der Waals surface area contributed by atoms with Gasteiger partial charge < -0.3 is 10.1 Å². The van der Waals surface area contributed by atoms with Crippen molar-refractivity contribution in [1.82, 2.24) is 5.32 Å². The normalized spacial score (nSPS) is 13.4. The number of nitrogens with one attached hydrogen (secondary N) is 1. The van der Waals surface area contributed by atoms with Gasteiger partial charge in [0, 0.05) is 6.54 Å². The van der Waals surface area contributed by atoms with Crippen molar-refractivity contribution in [2.45, 2.75) is 19.5 Å². The van der Waals surface area contributed by atoms with Crippen LogP contribution in [-0.2, 0) is 11.2 Å². The second-order valence-electron chi connectivity index (χ2n) is 4.63. The lowest BCUT2D eigenvalue weighted by atomic mass is 10.00. The fourth-order valence-corrected chi connectivity index (χ4v) is 1.83. The third-order valence-electron chi connectivity index (χ3n) is 2.74. The van der Waals surface area contributed by atoms with Crippen LogP contribution in [0.4, 0.5) is 17.6 Å². The molecule has 0 spiro atoms. The molecule has 0 aliphatic carbocycles. The molecule has 0 saturated heterocycles. The number of halogens is 4. The summed E-state index contributed by atoms with van der Waals surface area (Å²) in [5.41, 5.74) is 0.880. The van der Waals surface area contributed by atoms with Crippen molar-refractivity contribution in [3.05, 3.63) is 35.6 Å². The van der Waals surface area contributed by atoms with E-state index in [-0.39, 0.29) is 18.3 Å². The first kappa shape index (κ1) is 16.9. The average Bonchev–Trinajstić information content (AvgIpc) is 2.37. The number of rotatable bonds is 8. The van der Waals surface area contributed by atoms with E-state index < -0.39 is 12.8 Å². The minimum absolute atomic E-state index is 0.0177. The first-order chi connectivity index (χ1) is 9.40. The molecule has 6 heteroatoms. The van der Waals surface area contributed by atoms with Crippen molar-refractivity contribution >= 4 is 0 Å². The van der Waals surface area contributed by atoms with E-state index >= 15 is 0 Å². The van der Waals surface area contributed by atoms with Crippen molar-refractivity contribution in [2.24, 2.45) is 5.92 Å². The summed E-state index contributed by atoms with van der Waals surface area (Å²) in [5.74, 6) is -0.409. The zero-order chi connectivity index (χ0) is 15.0.